The third kappa shape index (κ3) is 5.86. The standard InChI is InChI=1S/C23H19Br2NO5/c1-2-21(23(28)29)31-26-13-14-10-18(24)22(19(25)11-14)30-16-8-9-20(27)17(12-16)15-6-4-3-5-7-15/h3-13,21,27H,2H2,1H3,(H,28,29)/b26-13+. The van der Waals surface area contributed by atoms with Crippen molar-refractivity contribution < 1.29 is 24.6 Å². The predicted octanol–water partition coefficient (Wildman–Crippen LogP) is 6.59. The van der Waals surface area contributed by atoms with Gasteiger partial charge in [-0.15, -0.1) is 0 Å². The fourth-order valence-electron chi connectivity index (χ4n) is 2.76. The van der Waals surface area contributed by atoms with Crippen molar-refractivity contribution in [3.8, 4) is 28.4 Å². The first-order chi connectivity index (χ1) is 14.9. The van der Waals surface area contributed by atoms with Crippen LogP contribution in [0.4, 0.5) is 0 Å². The molecule has 0 aromatic heterocycles. The van der Waals surface area contributed by atoms with Crippen LogP contribution in [0, 0.1) is 0 Å². The van der Waals surface area contributed by atoms with E-state index >= 15 is 0 Å². The zero-order valence-corrected chi connectivity index (χ0v) is 19.6. The van der Waals surface area contributed by atoms with Gasteiger partial charge < -0.3 is 19.8 Å². The molecule has 160 valence electrons. The van der Waals surface area contributed by atoms with E-state index in [2.05, 4.69) is 37.0 Å². The molecule has 0 aliphatic carbocycles. The summed E-state index contributed by atoms with van der Waals surface area (Å²) < 4.78 is 7.36. The van der Waals surface area contributed by atoms with Gasteiger partial charge in [0.05, 0.1) is 15.2 Å². The van der Waals surface area contributed by atoms with Crippen molar-refractivity contribution in [1.82, 2.24) is 0 Å². The fraction of sp³-hybridized carbons (Fsp3) is 0.130. The van der Waals surface area contributed by atoms with Gasteiger partial charge in [-0.3, -0.25) is 0 Å². The Bertz CT molecular complexity index is 1080. The summed E-state index contributed by atoms with van der Waals surface area (Å²) in [6.07, 6.45) is 0.752. The van der Waals surface area contributed by atoms with Crippen molar-refractivity contribution in [2.75, 3.05) is 0 Å². The number of nitrogens with zero attached hydrogens (tertiary/aromatic N) is 1. The molecule has 0 amide bonds. The highest BCUT2D eigenvalue weighted by Gasteiger charge is 2.16. The number of phenolic OH excluding ortho intramolecular Hbond substituents is 1. The Labute approximate surface area is 196 Å². The molecule has 3 rings (SSSR count). The lowest BCUT2D eigenvalue weighted by Gasteiger charge is -2.13. The molecule has 3 aromatic carbocycles. The molecule has 0 aliphatic heterocycles. The normalized spacial score (nSPS) is 12.0. The number of hydrogen-bond acceptors (Lipinski definition) is 5. The molecular formula is C23H19Br2NO5. The van der Waals surface area contributed by atoms with Crippen molar-refractivity contribution in [2.45, 2.75) is 19.4 Å². The minimum Gasteiger partial charge on any atom is -0.507 e. The van der Waals surface area contributed by atoms with Gasteiger partial charge in [0.2, 0.25) is 6.10 Å². The molecule has 0 heterocycles. The van der Waals surface area contributed by atoms with Gasteiger partial charge in [0.25, 0.3) is 0 Å². The topological polar surface area (TPSA) is 88.4 Å². The number of benzene rings is 3. The Hall–Kier alpha value is -2.84. The van der Waals surface area contributed by atoms with E-state index < -0.39 is 12.1 Å². The molecule has 0 spiro atoms. The summed E-state index contributed by atoms with van der Waals surface area (Å²) in [4.78, 5) is 16.0. The number of ether oxygens (including phenoxy) is 1. The van der Waals surface area contributed by atoms with Gasteiger partial charge in [-0.25, -0.2) is 4.79 Å². The lowest BCUT2D eigenvalue weighted by molar-refractivity contribution is -0.150. The first kappa shape index (κ1) is 22.8. The molecule has 0 aliphatic rings. The molecule has 0 saturated heterocycles. The number of carboxylic acids is 1. The number of aromatic hydroxyl groups is 1. The SMILES string of the molecule is CCC(O/N=C/c1cc(Br)c(Oc2ccc(O)c(-c3ccccc3)c2)c(Br)c1)C(=O)O. The number of phenols is 1. The van der Waals surface area contributed by atoms with E-state index in [9.17, 15) is 9.90 Å². The Balaban J connectivity index is 1.81. The summed E-state index contributed by atoms with van der Waals surface area (Å²) >= 11 is 6.98. The number of halogens is 2. The van der Waals surface area contributed by atoms with Crippen LogP contribution in [0.3, 0.4) is 0 Å². The van der Waals surface area contributed by atoms with Crippen LogP contribution in [0.2, 0.25) is 0 Å². The third-order valence-corrected chi connectivity index (χ3v) is 5.51. The van der Waals surface area contributed by atoms with Crippen molar-refractivity contribution in [3.63, 3.8) is 0 Å². The number of oxime groups is 1. The van der Waals surface area contributed by atoms with Gasteiger partial charge in [-0.2, -0.15) is 0 Å². The molecule has 31 heavy (non-hydrogen) atoms. The van der Waals surface area contributed by atoms with Crippen molar-refractivity contribution in [3.05, 3.63) is 75.2 Å². The second-order valence-electron chi connectivity index (χ2n) is 6.54. The van der Waals surface area contributed by atoms with E-state index in [1.54, 1.807) is 37.3 Å². The largest absolute Gasteiger partial charge is 0.507 e. The van der Waals surface area contributed by atoms with Crippen LogP contribution < -0.4 is 4.74 Å². The summed E-state index contributed by atoms with van der Waals surface area (Å²) in [5.74, 6) is 0.194. The van der Waals surface area contributed by atoms with E-state index in [1.165, 1.54) is 6.21 Å². The minimum atomic E-state index is -1.06. The highest BCUT2D eigenvalue weighted by molar-refractivity contribution is 9.11. The first-order valence-corrected chi connectivity index (χ1v) is 10.9. The van der Waals surface area contributed by atoms with Gasteiger partial charge in [-0.05, 0) is 79.7 Å². The van der Waals surface area contributed by atoms with Crippen molar-refractivity contribution in [2.24, 2.45) is 5.16 Å². The zero-order valence-electron chi connectivity index (χ0n) is 16.5. The highest BCUT2D eigenvalue weighted by atomic mass is 79.9. The van der Waals surface area contributed by atoms with Crippen LogP contribution in [-0.2, 0) is 9.63 Å². The number of carbonyl (C=O) groups is 1. The number of hydrogen-bond donors (Lipinski definition) is 2. The van der Waals surface area contributed by atoms with Crippen LogP contribution >= 0.6 is 31.9 Å². The second-order valence-corrected chi connectivity index (χ2v) is 8.24. The van der Waals surface area contributed by atoms with Crippen LogP contribution in [0.5, 0.6) is 17.2 Å². The maximum atomic E-state index is 11.0. The number of rotatable bonds is 8. The molecule has 3 aromatic rings. The third-order valence-electron chi connectivity index (χ3n) is 4.33. The Kier molecular flexibility index (Phi) is 7.70. The van der Waals surface area contributed by atoms with Gasteiger partial charge in [-0.1, -0.05) is 42.4 Å². The van der Waals surface area contributed by atoms with Crippen LogP contribution in [0.15, 0.2) is 74.8 Å². The van der Waals surface area contributed by atoms with E-state index in [-0.39, 0.29) is 5.75 Å². The predicted molar refractivity (Wildman–Crippen MR) is 126 cm³/mol. The maximum Gasteiger partial charge on any atom is 0.347 e. The van der Waals surface area contributed by atoms with Crippen molar-refractivity contribution in [1.29, 1.82) is 0 Å². The van der Waals surface area contributed by atoms with E-state index in [4.69, 9.17) is 14.7 Å². The highest BCUT2D eigenvalue weighted by Crippen LogP contribution is 2.40. The summed E-state index contributed by atoms with van der Waals surface area (Å²) in [6.45, 7) is 1.71. The summed E-state index contributed by atoms with van der Waals surface area (Å²) in [6, 6.07) is 18.1. The molecule has 0 fully saturated rings. The number of carboxylic acid groups (broad SMARTS) is 1. The molecule has 8 heteroatoms. The molecule has 1 unspecified atom stereocenters. The monoisotopic (exact) mass is 547 g/mol. The average molecular weight is 549 g/mol. The number of aliphatic carboxylic acids is 1. The lowest BCUT2D eigenvalue weighted by Crippen LogP contribution is -2.20. The smallest absolute Gasteiger partial charge is 0.347 e. The molecule has 0 saturated carbocycles. The van der Waals surface area contributed by atoms with Crippen LogP contribution in [0.1, 0.15) is 18.9 Å². The van der Waals surface area contributed by atoms with Gasteiger partial charge in [0.1, 0.15) is 11.5 Å². The minimum absolute atomic E-state index is 0.162. The fourth-order valence-corrected chi connectivity index (χ4v) is 4.14. The molecule has 1 atom stereocenters. The molecule has 0 bridgehead atoms. The van der Waals surface area contributed by atoms with Gasteiger partial charge in [0, 0.05) is 5.56 Å². The Morgan fingerprint density at radius 2 is 1.77 bits per heavy atom. The van der Waals surface area contributed by atoms with Gasteiger partial charge >= 0.3 is 5.97 Å². The Morgan fingerprint density at radius 3 is 2.39 bits per heavy atom. The summed E-state index contributed by atoms with van der Waals surface area (Å²) in [7, 11) is 0. The summed E-state index contributed by atoms with van der Waals surface area (Å²) in [5.41, 5.74) is 2.22. The molecule has 2 N–H and O–H groups in total. The maximum absolute atomic E-state index is 11.0. The summed E-state index contributed by atoms with van der Waals surface area (Å²) in [5, 5.41) is 23.0. The first-order valence-electron chi connectivity index (χ1n) is 9.36. The molecule has 0 radical (unpaired) electrons. The van der Waals surface area contributed by atoms with Crippen LogP contribution in [0.25, 0.3) is 11.1 Å². The molecular weight excluding hydrogens is 530 g/mol. The Morgan fingerprint density at radius 1 is 1.10 bits per heavy atom. The van der Waals surface area contributed by atoms with E-state index in [0.717, 1.165) is 5.56 Å². The lowest BCUT2D eigenvalue weighted by atomic mass is 10.0. The van der Waals surface area contributed by atoms with E-state index in [0.29, 0.717) is 38.0 Å². The van der Waals surface area contributed by atoms with Crippen molar-refractivity contribution >= 4 is 44.0 Å². The molecule has 6 nitrogen and oxygen atoms in total. The average Bonchev–Trinajstić information content (AvgIpc) is 2.75. The second kappa shape index (κ2) is 10.5. The van der Waals surface area contributed by atoms with E-state index in [1.807, 2.05) is 30.3 Å². The zero-order chi connectivity index (χ0) is 22.4. The van der Waals surface area contributed by atoms with Crippen LogP contribution in [-0.4, -0.2) is 28.5 Å². The van der Waals surface area contributed by atoms with Gasteiger partial charge in [0.15, 0.2) is 5.75 Å². The quantitative estimate of drug-likeness (QED) is 0.245.